The van der Waals surface area contributed by atoms with Gasteiger partial charge < -0.3 is 9.73 Å². The molecule has 0 spiro atoms. The second kappa shape index (κ2) is 5.47. The maximum atomic E-state index is 6.26. The summed E-state index contributed by atoms with van der Waals surface area (Å²) in [7, 11) is 0. The van der Waals surface area contributed by atoms with E-state index in [2.05, 4.69) is 15.4 Å². The number of nitrogens with one attached hydrogen (secondary N) is 1. The third-order valence-electron chi connectivity index (χ3n) is 3.23. The Hall–Kier alpha value is -2.31. The number of benzene rings is 1. The van der Waals surface area contributed by atoms with Gasteiger partial charge in [0, 0.05) is 5.56 Å². The van der Waals surface area contributed by atoms with Gasteiger partial charge >= 0.3 is 0 Å². The van der Waals surface area contributed by atoms with Crippen molar-refractivity contribution in [2.45, 2.75) is 6.54 Å². The van der Waals surface area contributed by atoms with E-state index in [-0.39, 0.29) is 0 Å². The molecule has 110 valence electrons. The zero-order chi connectivity index (χ0) is 14.9. The summed E-state index contributed by atoms with van der Waals surface area (Å²) in [6.45, 7) is 0.588. The van der Waals surface area contributed by atoms with Gasteiger partial charge in [-0.15, -0.1) is 5.10 Å². The molecule has 0 aliphatic heterocycles. The number of imidazole rings is 1. The third-order valence-corrected chi connectivity index (χ3v) is 4.44. The monoisotopic (exact) mass is 330 g/mol. The number of anilines is 1. The van der Waals surface area contributed by atoms with E-state index in [1.54, 1.807) is 17.0 Å². The number of aromatic nitrogens is 3. The Balaban J connectivity index is 1.66. The zero-order valence-corrected chi connectivity index (χ0v) is 12.9. The standard InChI is InChI=1S/C15H11ClN4OS/c16-12-6-2-1-5-11(12)13-9-18-15-20(13)19-14(22-15)17-8-10-4-3-7-21-10/h1-7,9H,8H2,(H,17,19). The van der Waals surface area contributed by atoms with Crippen molar-refractivity contribution in [1.29, 1.82) is 0 Å². The van der Waals surface area contributed by atoms with Crippen LogP contribution in [0.4, 0.5) is 5.13 Å². The number of furan rings is 1. The van der Waals surface area contributed by atoms with Gasteiger partial charge in [-0.3, -0.25) is 0 Å². The van der Waals surface area contributed by atoms with Crippen LogP contribution in [0.3, 0.4) is 0 Å². The summed E-state index contributed by atoms with van der Waals surface area (Å²) in [6, 6.07) is 11.5. The van der Waals surface area contributed by atoms with Crippen LogP contribution in [-0.2, 0) is 6.54 Å². The lowest BCUT2D eigenvalue weighted by Crippen LogP contribution is -1.98. The van der Waals surface area contributed by atoms with Crippen molar-refractivity contribution in [1.82, 2.24) is 14.6 Å². The van der Waals surface area contributed by atoms with Crippen LogP contribution in [0.5, 0.6) is 0 Å². The van der Waals surface area contributed by atoms with Crippen LogP contribution in [0.2, 0.25) is 5.02 Å². The SMILES string of the molecule is Clc1ccccc1-c1cnc2sc(NCc3ccco3)nn12. The highest BCUT2D eigenvalue weighted by Gasteiger charge is 2.13. The molecule has 3 aromatic heterocycles. The molecule has 0 aliphatic carbocycles. The molecular weight excluding hydrogens is 320 g/mol. The minimum absolute atomic E-state index is 0.588. The molecule has 0 aliphatic rings. The molecule has 4 rings (SSSR count). The fraction of sp³-hybridized carbons (Fsp3) is 0.0667. The molecule has 0 atom stereocenters. The average Bonchev–Trinajstić information content (AvgIpc) is 3.23. The Morgan fingerprint density at radius 3 is 2.95 bits per heavy atom. The lowest BCUT2D eigenvalue weighted by molar-refractivity contribution is 0.518. The van der Waals surface area contributed by atoms with Gasteiger partial charge in [-0.05, 0) is 18.2 Å². The maximum absolute atomic E-state index is 6.26. The number of fused-ring (bicyclic) bond motifs is 1. The van der Waals surface area contributed by atoms with Crippen molar-refractivity contribution < 1.29 is 4.42 Å². The average molecular weight is 331 g/mol. The molecule has 0 unspecified atom stereocenters. The highest BCUT2D eigenvalue weighted by Crippen LogP contribution is 2.30. The fourth-order valence-electron chi connectivity index (χ4n) is 2.19. The van der Waals surface area contributed by atoms with E-state index < -0.39 is 0 Å². The van der Waals surface area contributed by atoms with Gasteiger partial charge in [-0.2, -0.15) is 0 Å². The number of hydrogen-bond donors (Lipinski definition) is 1. The van der Waals surface area contributed by atoms with E-state index in [1.165, 1.54) is 11.3 Å². The minimum atomic E-state index is 0.588. The van der Waals surface area contributed by atoms with Crippen molar-refractivity contribution in [3.63, 3.8) is 0 Å². The predicted molar refractivity (Wildman–Crippen MR) is 87.3 cm³/mol. The van der Waals surface area contributed by atoms with Crippen molar-refractivity contribution in [2.24, 2.45) is 0 Å². The smallest absolute Gasteiger partial charge is 0.214 e. The highest BCUT2D eigenvalue weighted by molar-refractivity contribution is 7.20. The van der Waals surface area contributed by atoms with E-state index >= 15 is 0 Å². The van der Waals surface area contributed by atoms with E-state index in [0.29, 0.717) is 11.6 Å². The molecule has 0 bridgehead atoms. The number of nitrogens with zero attached hydrogens (tertiary/aromatic N) is 3. The van der Waals surface area contributed by atoms with E-state index in [1.807, 2.05) is 36.4 Å². The van der Waals surface area contributed by atoms with Crippen LogP contribution in [-0.4, -0.2) is 14.6 Å². The minimum Gasteiger partial charge on any atom is -0.467 e. The Morgan fingerprint density at radius 2 is 2.14 bits per heavy atom. The second-order valence-electron chi connectivity index (χ2n) is 4.66. The van der Waals surface area contributed by atoms with Gasteiger partial charge in [0.2, 0.25) is 10.1 Å². The number of hydrogen-bond acceptors (Lipinski definition) is 5. The van der Waals surface area contributed by atoms with Gasteiger partial charge in [0.15, 0.2) is 0 Å². The maximum Gasteiger partial charge on any atom is 0.214 e. The molecule has 22 heavy (non-hydrogen) atoms. The van der Waals surface area contributed by atoms with Gasteiger partial charge in [0.1, 0.15) is 5.76 Å². The van der Waals surface area contributed by atoms with Crippen molar-refractivity contribution >= 4 is 33.0 Å². The normalized spacial score (nSPS) is 11.1. The summed E-state index contributed by atoms with van der Waals surface area (Å²) in [5.74, 6) is 0.860. The molecule has 1 N–H and O–H groups in total. The number of halogens is 1. The molecule has 0 saturated carbocycles. The second-order valence-corrected chi connectivity index (χ2v) is 6.02. The van der Waals surface area contributed by atoms with Crippen LogP contribution >= 0.6 is 22.9 Å². The summed E-state index contributed by atoms with van der Waals surface area (Å²) in [5, 5.41) is 9.25. The first-order valence-electron chi connectivity index (χ1n) is 6.67. The summed E-state index contributed by atoms with van der Waals surface area (Å²) >= 11 is 7.74. The largest absolute Gasteiger partial charge is 0.467 e. The van der Waals surface area contributed by atoms with Gasteiger partial charge in [-0.25, -0.2) is 9.50 Å². The van der Waals surface area contributed by atoms with Crippen molar-refractivity contribution in [2.75, 3.05) is 5.32 Å². The first-order chi connectivity index (χ1) is 10.8. The van der Waals surface area contributed by atoms with E-state index in [9.17, 15) is 0 Å². The predicted octanol–water partition coefficient (Wildman–Crippen LogP) is 4.32. The Kier molecular flexibility index (Phi) is 3.32. The highest BCUT2D eigenvalue weighted by atomic mass is 35.5. The third kappa shape index (κ3) is 2.36. The lowest BCUT2D eigenvalue weighted by Gasteiger charge is -2.01. The van der Waals surface area contributed by atoms with Crippen molar-refractivity contribution in [3.8, 4) is 11.3 Å². The molecule has 4 aromatic rings. The van der Waals surface area contributed by atoms with Gasteiger partial charge in [0.25, 0.3) is 0 Å². The Morgan fingerprint density at radius 1 is 1.23 bits per heavy atom. The molecule has 0 amide bonds. The van der Waals surface area contributed by atoms with Crippen molar-refractivity contribution in [3.05, 3.63) is 59.6 Å². The number of rotatable bonds is 4. The summed E-state index contributed by atoms with van der Waals surface area (Å²) in [5.41, 5.74) is 1.79. The Labute approximate surface area is 135 Å². The van der Waals surface area contributed by atoms with E-state index in [0.717, 1.165) is 27.1 Å². The summed E-state index contributed by atoms with van der Waals surface area (Å²) in [6.07, 6.45) is 3.44. The topological polar surface area (TPSA) is 55.4 Å². The first kappa shape index (κ1) is 13.4. The molecule has 1 aromatic carbocycles. The van der Waals surface area contributed by atoms with Crippen LogP contribution in [0, 0.1) is 0 Å². The molecule has 5 nitrogen and oxygen atoms in total. The van der Waals surface area contributed by atoms with Crippen LogP contribution < -0.4 is 5.32 Å². The van der Waals surface area contributed by atoms with Crippen LogP contribution in [0.15, 0.2) is 53.3 Å². The molecule has 0 saturated heterocycles. The molecular formula is C15H11ClN4OS. The quantitative estimate of drug-likeness (QED) is 0.605. The Bertz CT molecular complexity index is 913. The molecule has 0 radical (unpaired) electrons. The van der Waals surface area contributed by atoms with Crippen LogP contribution in [0.25, 0.3) is 16.2 Å². The summed E-state index contributed by atoms with van der Waals surface area (Å²) in [4.78, 5) is 5.22. The zero-order valence-electron chi connectivity index (χ0n) is 11.4. The first-order valence-corrected chi connectivity index (χ1v) is 7.86. The van der Waals surface area contributed by atoms with Crippen LogP contribution in [0.1, 0.15) is 5.76 Å². The van der Waals surface area contributed by atoms with Gasteiger partial charge in [0.05, 0.1) is 29.7 Å². The summed E-state index contributed by atoms with van der Waals surface area (Å²) < 4.78 is 7.10. The fourth-order valence-corrected chi connectivity index (χ4v) is 3.20. The molecule has 7 heteroatoms. The van der Waals surface area contributed by atoms with Gasteiger partial charge in [-0.1, -0.05) is 41.1 Å². The lowest BCUT2D eigenvalue weighted by atomic mass is 10.2. The molecule has 3 heterocycles. The van der Waals surface area contributed by atoms with E-state index in [4.69, 9.17) is 16.0 Å². The molecule has 0 fully saturated rings.